The van der Waals surface area contributed by atoms with Crippen molar-refractivity contribution < 1.29 is 19.2 Å². The Bertz CT molecular complexity index is 1560. The van der Waals surface area contributed by atoms with Gasteiger partial charge in [-0.2, -0.15) is 5.10 Å². The predicted octanol–water partition coefficient (Wildman–Crippen LogP) is 4.15. The van der Waals surface area contributed by atoms with Crippen LogP contribution in [0, 0.1) is 0 Å². The molecule has 7 rings (SSSR count). The van der Waals surface area contributed by atoms with Crippen LogP contribution >= 0.6 is 0 Å². The first-order valence-corrected chi connectivity index (χ1v) is 17.3. The highest BCUT2D eigenvalue weighted by Crippen LogP contribution is 2.25. The Morgan fingerprint density at radius 1 is 0.915 bits per heavy atom. The third-order valence-corrected chi connectivity index (χ3v) is 10.4. The van der Waals surface area contributed by atoms with E-state index in [4.69, 9.17) is 4.84 Å². The van der Waals surface area contributed by atoms with Gasteiger partial charge in [0.15, 0.2) is 0 Å². The molecule has 1 atom stereocenters. The van der Waals surface area contributed by atoms with Crippen LogP contribution < -0.4 is 10.6 Å². The maximum atomic E-state index is 14.0. The molecule has 4 amide bonds. The molecule has 2 aromatic carbocycles. The molecule has 0 spiro atoms. The Labute approximate surface area is 275 Å². The fraction of sp³-hybridized carbons (Fsp3) is 0.543. The molecular formula is C35H46N8O4. The number of fused-ring (bicyclic) bond motifs is 2. The highest BCUT2D eigenvalue weighted by molar-refractivity contribution is 5.91. The molecule has 0 saturated carbocycles. The molecule has 47 heavy (non-hydrogen) atoms. The van der Waals surface area contributed by atoms with Crippen molar-refractivity contribution >= 4 is 34.6 Å². The summed E-state index contributed by atoms with van der Waals surface area (Å²) >= 11 is 0. The number of benzene rings is 2. The van der Waals surface area contributed by atoms with E-state index in [1.54, 1.807) is 11.3 Å². The number of nitrogens with zero attached hydrogens (tertiary/aromatic N) is 5. The maximum absolute atomic E-state index is 14.0. The second kappa shape index (κ2) is 14.3. The van der Waals surface area contributed by atoms with Crippen LogP contribution in [0.3, 0.4) is 0 Å². The Hall–Kier alpha value is -4.16. The number of aromatic amines is 1. The molecule has 12 nitrogen and oxygen atoms in total. The number of hydrogen-bond acceptors (Lipinski definition) is 7. The number of hydrogen-bond donors (Lipinski definition) is 3. The zero-order valence-electron chi connectivity index (χ0n) is 27.0. The van der Waals surface area contributed by atoms with Crippen LogP contribution in [-0.4, -0.2) is 112 Å². The van der Waals surface area contributed by atoms with Crippen LogP contribution in [-0.2, 0) is 22.5 Å². The van der Waals surface area contributed by atoms with Crippen LogP contribution in [0.4, 0.5) is 15.3 Å². The van der Waals surface area contributed by atoms with Gasteiger partial charge in [0.05, 0.1) is 11.7 Å². The average molecular weight is 643 g/mol. The van der Waals surface area contributed by atoms with Crippen LogP contribution in [0.25, 0.3) is 10.9 Å². The van der Waals surface area contributed by atoms with Gasteiger partial charge in [-0.25, -0.2) is 9.59 Å². The van der Waals surface area contributed by atoms with Gasteiger partial charge < -0.3 is 30.2 Å². The number of amides is 4. The van der Waals surface area contributed by atoms with Crippen LogP contribution in [0.15, 0.2) is 48.7 Å². The van der Waals surface area contributed by atoms with Crippen molar-refractivity contribution in [2.75, 3.05) is 51.1 Å². The SMILES string of the molecule is O=C(NC(Cc1ccc2[nH]ncc2c1)C(=O)N1CCC(N2CCCCC2)CC1)ON1CCC(N2CCc3ccccc3NC2=O)CC1. The standard InChI is InChI=1S/C35H46N8O4/c44-33(41-17-11-28(12-18-41)40-15-4-1-5-16-40)32(23-25-8-9-31-27(22-25)24-36-39-31)38-35(46)47-42-19-13-29(14-20-42)43-21-10-26-6-2-3-7-30(26)37-34(43)45/h2-3,6-9,22,24,28-29,32H,1,4-5,10-21,23H2,(H,36,39)(H,37,45)(H,38,46). The Kier molecular flexibility index (Phi) is 9.57. The lowest BCUT2D eigenvalue weighted by molar-refractivity contribution is -0.137. The molecular weight excluding hydrogens is 596 g/mol. The van der Waals surface area contributed by atoms with Gasteiger partial charge in [0.2, 0.25) is 5.91 Å². The van der Waals surface area contributed by atoms with E-state index in [1.165, 1.54) is 19.3 Å². The topological polar surface area (TPSA) is 126 Å². The minimum Gasteiger partial charge on any atom is -0.351 e. The average Bonchev–Trinajstić information content (AvgIpc) is 3.50. The van der Waals surface area contributed by atoms with Gasteiger partial charge in [0.25, 0.3) is 0 Å². The summed E-state index contributed by atoms with van der Waals surface area (Å²) in [6.07, 6.45) is 9.42. The van der Waals surface area contributed by atoms with E-state index in [1.807, 2.05) is 46.2 Å². The Morgan fingerprint density at radius 2 is 1.68 bits per heavy atom. The summed E-state index contributed by atoms with van der Waals surface area (Å²) in [6.45, 7) is 5.36. The molecule has 3 N–H and O–H groups in total. The first-order valence-electron chi connectivity index (χ1n) is 17.3. The van der Waals surface area contributed by atoms with Crippen molar-refractivity contribution in [2.45, 2.75) is 75.9 Å². The molecule has 12 heteroatoms. The monoisotopic (exact) mass is 642 g/mol. The van der Waals surface area contributed by atoms with Gasteiger partial charge in [-0.15, -0.1) is 5.06 Å². The van der Waals surface area contributed by atoms with Gasteiger partial charge in [-0.3, -0.25) is 9.89 Å². The smallest absolute Gasteiger partial charge is 0.351 e. The molecule has 0 aliphatic carbocycles. The Balaban J connectivity index is 0.953. The number of para-hydroxylation sites is 1. The quantitative estimate of drug-likeness (QED) is 0.354. The second-order valence-electron chi connectivity index (χ2n) is 13.4. The van der Waals surface area contributed by atoms with Gasteiger partial charge in [0, 0.05) is 62.3 Å². The lowest BCUT2D eigenvalue weighted by Gasteiger charge is -2.41. The van der Waals surface area contributed by atoms with Crippen molar-refractivity contribution in [1.82, 2.24) is 35.3 Å². The first-order chi connectivity index (χ1) is 23.0. The first kappa shape index (κ1) is 31.4. The zero-order chi connectivity index (χ0) is 32.2. The van der Waals surface area contributed by atoms with E-state index < -0.39 is 12.1 Å². The number of anilines is 1. The molecule has 3 saturated heterocycles. The number of piperidine rings is 3. The van der Waals surface area contributed by atoms with E-state index in [9.17, 15) is 14.4 Å². The maximum Gasteiger partial charge on any atom is 0.426 e. The Morgan fingerprint density at radius 3 is 2.49 bits per heavy atom. The number of aromatic nitrogens is 2. The van der Waals surface area contributed by atoms with Crippen molar-refractivity contribution in [3.8, 4) is 0 Å². The van der Waals surface area contributed by atoms with Crippen molar-refractivity contribution in [2.24, 2.45) is 0 Å². The largest absolute Gasteiger partial charge is 0.426 e. The minimum atomic E-state index is -0.752. The predicted molar refractivity (Wildman–Crippen MR) is 179 cm³/mol. The van der Waals surface area contributed by atoms with Gasteiger partial charge in [0.1, 0.15) is 6.04 Å². The summed E-state index contributed by atoms with van der Waals surface area (Å²) in [5.41, 5.74) is 3.88. The molecule has 3 fully saturated rings. The lowest BCUT2D eigenvalue weighted by Crippen LogP contribution is -2.55. The molecule has 4 aliphatic heterocycles. The van der Waals surface area contributed by atoms with Gasteiger partial charge in [-0.1, -0.05) is 30.7 Å². The van der Waals surface area contributed by atoms with Gasteiger partial charge >= 0.3 is 12.1 Å². The van der Waals surface area contributed by atoms with E-state index in [-0.39, 0.29) is 18.0 Å². The molecule has 0 bridgehead atoms. The normalized spacial score (nSPS) is 21.1. The molecule has 3 aromatic rings. The summed E-state index contributed by atoms with van der Waals surface area (Å²) in [5, 5.41) is 15.7. The molecule has 1 unspecified atom stereocenters. The summed E-state index contributed by atoms with van der Waals surface area (Å²) in [7, 11) is 0. The number of likely N-dealkylation sites (tertiary alicyclic amines) is 2. The number of nitrogens with one attached hydrogen (secondary N) is 3. The van der Waals surface area contributed by atoms with Crippen molar-refractivity contribution in [1.29, 1.82) is 0 Å². The summed E-state index contributed by atoms with van der Waals surface area (Å²) < 4.78 is 0. The molecule has 5 heterocycles. The number of carbonyl (C=O) groups excluding carboxylic acids is 3. The fourth-order valence-electron chi connectivity index (χ4n) is 7.78. The second-order valence-corrected chi connectivity index (χ2v) is 13.4. The van der Waals surface area contributed by atoms with Crippen LogP contribution in [0.1, 0.15) is 56.1 Å². The van der Waals surface area contributed by atoms with Crippen molar-refractivity contribution in [3.05, 3.63) is 59.8 Å². The van der Waals surface area contributed by atoms with Crippen molar-refractivity contribution in [3.63, 3.8) is 0 Å². The lowest BCUT2D eigenvalue weighted by atomic mass is 9.98. The zero-order valence-corrected chi connectivity index (χ0v) is 27.0. The molecule has 250 valence electrons. The third kappa shape index (κ3) is 7.38. The minimum absolute atomic E-state index is 0.0623. The van der Waals surface area contributed by atoms with Crippen LogP contribution in [0.5, 0.6) is 0 Å². The molecule has 0 radical (unpaired) electrons. The number of urea groups is 1. The number of hydroxylamine groups is 2. The third-order valence-electron chi connectivity index (χ3n) is 10.4. The molecule has 4 aliphatic rings. The summed E-state index contributed by atoms with van der Waals surface area (Å²) in [5.74, 6) is -0.0711. The number of rotatable bonds is 7. The van der Waals surface area contributed by atoms with Gasteiger partial charge in [-0.05, 0) is 87.4 Å². The van der Waals surface area contributed by atoms with Crippen LogP contribution in [0.2, 0.25) is 0 Å². The summed E-state index contributed by atoms with van der Waals surface area (Å²) in [6, 6.07) is 13.6. The van der Waals surface area contributed by atoms with E-state index >= 15 is 0 Å². The summed E-state index contributed by atoms with van der Waals surface area (Å²) in [4.78, 5) is 52.5. The van der Waals surface area contributed by atoms with E-state index in [0.29, 0.717) is 58.0 Å². The van der Waals surface area contributed by atoms with E-state index in [0.717, 1.165) is 60.1 Å². The highest BCUT2D eigenvalue weighted by atomic mass is 16.7. The molecule has 1 aromatic heterocycles. The number of H-pyrrole nitrogens is 1. The number of carbonyl (C=O) groups is 3. The van der Waals surface area contributed by atoms with E-state index in [2.05, 4.69) is 31.8 Å². The fourth-order valence-corrected chi connectivity index (χ4v) is 7.78. The highest BCUT2D eigenvalue weighted by Gasteiger charge is 2.34.